The number of hydrogen-bond acceptors (Lipinski definition) is 33. The molecule has 0 spiro atoms. The fourth-order valence-corrected chi connectivity index (χ4v) is 19.3. The molecule has 6 aliphatic rings. The molecule has 0 aromatic heterocycles. The Balaban J connectivity index is -0.0000000991. The van der Waals surface area contributed by atoms with Gasteiger partial charge in [0.25, 0.3) is 10.1 Å². The maximum absolute atomic E-state index is 12.5. The molecule has 44 heteroatoms. The molecular weight excluding hydrogens is 1940 g/mol. The number of likely N-dealkylation sites (tertiary alicyclic amines) is 6. The molecule has 2 N–H and O–H groups in total. The van der Waals surface area contributed by atoms with Gasteiger partial charge in [-0.05, 0) is 194 Å². The smallest absolute Gasteiger partial charge is 0.836 e. The van der Waals surface area contributed by atoms with Crippen LogP contribution in [-0.2, 0) is 117 Å². The molecule has 6 heterocycles. The van der Waals surface area contributed by atoms with Crippen LogP contribution in [0.5, 0.6) is 0 Å². The van der Waals surface area contributed by atoms with Crippen molar-refractivity contribution in [3.8, 4) is 0 Å². The summed E-state index contributed by atoms with van der Waals surface area (Å²) in [7, 11) is -8.81. The van der Waals surface area contributed by atoms with E-state index in [1.54, 1.807) is 69.5 Å². The number of ether oxygens (including phenoxy) is 1. The number of carboxylic acid groups (broad SMARTS) is 1. The molecule has 35 nitrogen and oxygen atoms in total. The summed E-state index contributed by atoms with van der Waals surface area (Å²) in [6.07, 6.45) is 10.4. The van der Waals surface area contributed by atoms with Gasteiger partial charge in [0, 0.05) is 114 Å². The number of Topliss-reactive ketones (excluding diaryl/α,β-unsaturated/α-hetero) is 1. The van der Waals surface area contributed by atoms with Crippen molar-refractivity contribution in [2.75, 3.05) is 247 Å². The second kappa shape index (κ2) is 91.4. The van der Waals surface area contributed by atoms with Gasteiger partial charge in [0.15, 0.2) is 68.9 Å². The van der Waals surface area contributed by atoms with Crippen LogP contribution in [0, 0.1) is 42.9 Å². The van der Waals surface area contributed by atoms with Gasteiger partial charge in [0.05, 0.1) is 91.9 Å². The van der Waals surface area contributed by atoms with E-state index >= 15 is 0 Å². The van der Waals surface area contributed by atoms with E-state index in [0.29, 0.717) is 71.1 Å². The number of esters is 1. The summed E-state index contributed by atoms with van der Waals surface area (Å²) in [5.41, 5.74) is -1.85. The molecule has 0 saturated carbocycles. The van der Waals surface area contributed by atoms with Crippen LogP contribution in [0.2, 0.25) is 0 Å². The molecule has 1 atom stereocenters. The number of aliphatic carboxylic acids is 1. The summed E-state index contributed by atoms with van der Waals surface area (Å²) in [4.78, 5) is 67.7. The summed E-state index contributed by atoms with van der Waals surface area (Å²) in [5, 5.41) is 33.9. The zero-order valence-electron chi connectivity index (χ0n) is 98.9. The molecular formula is C93H212MgN8O27S8. The van der Waals surface area contributed by atoms with Gasteiger partial charge in [-0.25, -0.2) is 69.1 Å². The second-order valence-electron chi connectivity index (χ2n) is 31.3. The molecule has 1 amide bonds. The van der Waals surface area contributed by atoms with Gasteiger partial charge >= 0.3 is 35.0 Å². The van der Waals surface area contributed by atoms with Crippen molar-refractivity contribution in [2.45, 2.75) is 292 Å². The van der Waals surface area contributed by atoms with Crippen LogP contribution >= 0.6 is 0 Å². The van der Waals surface area contributed by atoms with Crippen LogP contribution in [0.1, 0.15) is 289 Å². The second-order valence-corrected chi connectivity index (χ2v) is 50.2. The number of rotatable bonds is 38. The van der Waals surface area contributed by atoms with Crippen molar-refractivity contribution < 1.29 is 129 Å². The van der Waals surface area contributed by atoms with Gasteiger partial charge < -0.3 is 61.7 Å². The number of ketones is 1. The molecule has 0 aromatic rings. The largest absolute Gasteiger partial charge is 2.00 e. The monoisotopic (exact) mass is 2160 g/mol. The number of hydroxylamine groups is 4. The van der Waals surface area contributed by atoms with E-state index in [1.807, 2.05) is 102 Å². The first-order valence-corrected chi connectivity index (χ1v) is 61.5. The maximum Gasteiger partial charge on any atom is 2.00 e. The fourth-order valence-electron chi connectivity index (χ4n) is 13.2. The molecule has 6 rings (SSSR count). The predicted molar refractivity (Wildman–Crippen MR) is 576 cm³/mol. The zero-order chi connectivity index (χ0) is 114. The number of carbonyl (C=O) groups excluding carboxylic acids is 3. The van der Waals surface area contributed by atoms with Crippen molar-refractivity contribution in [3.63, 3.8) is 0 Å². The van der Waals surface area contributed by atoms with Gasteiger partial charge in [-0.3, -0.25) is 28.2 Å². The summed E-state index contributed by atoms with van der Waals surface area (Å²) in [6.45, 7) is 55.2. The van der Waals surface area contributed by atoms with Crippen LogP contribution in [0.4, 0.5) is 0 Å². The number of carboxylic acids is 1. The Bertz CT molecular complexity index is 3800. The third-order valence-electron chi connectivity index (χ3n) is 22.7. The summed E-state index contributed by atoms with van der Waals surface area (Å²) >= 11 is 0. The number of nitrogens with zero attached hydrogens (tertiary/aromatic N) is 8. The number of hydrogen-bond donors (Lipinski definition) is 2. The number of carbonyl (C=O) groups is 4. The third-order valence-corrected chi connectivity index (χ3v) is 35.0. The molecule has 1 unspecified atom stereocenters. The fraction of sp³-hybridized carbons (Fsp3) is 0.946. The number of amides is 1. The van der Waals surface area contributed by atoms with Crippen LogP contribution in [0.25, 0.3) is 0 Å². The number of piperidine rings is 6. The van der Waals surface area contributed by atoms with Crippen LogP contribution in [0.3, 0.4) is 0 Å². The zero-order valence-corrected chi connectivity index (χ0v) is 101. The van der Waals surface area contributed by atoms with Gasteiger partial charge in [0.2, 0.25) is 5.91 Å². The Morgan fingerprint density at radius 1 is 0.380 bits per heavy atom. The van der Waals surface area contributed by atoms with Crippen molar-refractivity contribution in [1.82, 2.24) is 39.5 Å². The summed E-state index contributed by atoms with van der Waals surface area (Å²) in [5.74, 6) is 1.94. The Kier molecular flexibility index (Phi) is 102. The number of sulfone groups is 7. The van der Waals surface area contributed by atoms with E-state index in [1.165, 1.54) is 82.8 Å². The molecule has 0 aromatic carbocycles. The molecule has 0 radical (unpaired) electrons. The van der Waals surface area contributed by atoms with E-state index in [0.717, 1.165) is 136 Å². The molecule has 6 fully saturated rings. The quantitative estimate of drug-likeness (QED) is 0.0145. The standard InChI is InChI=1S/C13H27N2O4S.C12H24N2O4S.C12H25NO3S.C11H21NO4S.C11H21NO3S.C10H19NO4S.C5H12O5S2.6C2H6.6CH4.CH3.Mg/c1-5-20(17,18)11-10-15-8-6-12(7-9-15)13(2,16)14(3)19-4;1-4-19(16,17)10-9-14-7-5-11(6-8-14)12(15)13(2)18-3;1-4-17(15,16)10-9-13-7-5-11(6-8-13)12(2,3)14;1-3-17(14,15)9-8-12-6-4-10(5-7-12)11(13)16-2;1-3-16(14,15)9-8-12-6-4-11(5-7-12)10(2)13;1-2-16(14,15)8-7-11-5-3-9(4-6-11)10(12)13;1-3-12(8,9)5-4-10-11(2,6)7;6*1-2;;;;;;;;/h12H,5-11H2,1-4H3;11H,4-10H2,1-3H3;11,14H,4-10H2,1-3H3;10H,3-9H2,1-2H3;11H,3-9H2,1-2H3;9H,2-8H2,1H3,(H,12,13);3-5H2,1-2H3;6*1-2H3;6*1H4;1H3;/q-1;;;;;;;;;;;;;;;;;;;-1;+2/i;;;;;;;;;;;;;6*1D;;. The Hall–Kier alpha value is -2.03. The molecule has 836 valence electrons. The van der Waals surface area contributed by atoms with Gasteiger partial charge in [-0.2, -0.15) is 8.42 Å². The van der Waals surface area contributed by atoms with Crippen LogP contribution in [0.15, 0.2) is 0 Å². The Morgan fingerprint density at radius 3 is 0.788 bits per heavy atom. The minimum atomic E-state index is -3.52. The maximum atomic E-state index is 12.5. The topological polar surface area (TPSA) is 468 Å². The van der Waals surface area contributed by atoms with E-state index in [4.69, 9.17) is 27.7 Å². The van der Waals surface area contributed by atoms with Crippen molar-refractivity contribution in [1.29, 1.82) is 0 Å². The molecule has 0 bridgehead atoms. The molecule has 0 aliphatic carbocycles. The van der Waals surface area contributed by atoms with Gasteiger partial charge in [-0.1, -0.05) is 183 Å². The van der Waals surface area contributed by atoms with E-state index in [-0.39, 0.29) is 165 Å². The number of aliphatic hydroxyl groups is 1. The van der Waals surface area contributed by atoms with E-state index in [9.17, 15) is 96.7 Å². The Labute approximate surface area is 869 Å². The van der Waals surface area contributed by atoms with Crippen molar-refractivity contribution in [2.24, 2.45) is 35.5 Å². The predicted octanol–water partition coefficient (Wildman–Crippen LogP) is 11.4. The summed E-state index contributed by atoms with van der Waals surface area (Å²) in [6, 6.07) is 0. The first-order chi connectivity index (χ1) is 66.0. The SMILES string of the molecule is CC.CC.CC.CC.CC.CC.CCS(=O)(=O)CCN1CCC(C(=O)N(C)OC)CC1.CCS(=O)(=O)CCN1CCC(C(=O)O)CC1.CCS(=O)(=O)CCN1CCC(C(=O)OC)CC1.CCS(=O)(=O)CCN1CCC(C(C)(C)O)CC1.CCS(=O)(=O)CCN1CCC(C(C)([O-])N(C)OC)CC1.CCS(=O)(=O)CCN1CCC(C(C)=O)CC1.CCS(=O)(=O)CCOS(C)(=O)=O.[2H]C.[2H]C.[2H]C.[2H]C.[2H]C.[2H]C.[CH3-].[Mg+2]. The van der Waals surface area contributed by atoms with Gasteiger partial charge in [-0.15, -0.1) is 0 Å². The average Bonchev–Trinajstić information content (AvgIpc) is 0.819. The Morgan fingerprint density at radius 2 is 0.591 bits per heavy atom. The normalized spacial score (nSPS) is 17.1. The first-order valence-electron chi connectivity index (χ1n) is 52.9. The van der Waals surface area contributed by atoms with E-state index < -0.39 is 96.3 Å². The van der Waals surface area contributed by atoms with E-state index in [2.05, 4.69) is 28.7 Å². The minimum absolute atomic E-state index is 0. The molecule has 6 aliphatic heterocycles. The molecule has 6 saturated heterocycles. The van der Waals surface area contributed by atoms with Crippen molar-refractivity contribution >= 4 is 126 Å². The van der Waals surface area contributed by atoms with Crippen LogP contribution < -0.4 is 5.11 Å². The van der Waals surface area contributed by atoms with Gasteiger partial charge in [0.1, 0.15) is 5.78 Å². The van der Waals surface area contributed by atoms with Crippen molar-refractivity contribution in [3.05, 3.63) is 7.43 Å². The minimum Gasteiger partial charge on any atom is -0.836 e. The first kappa shape index (κ1) is 153. The summed E-state index contributed by atoms with van der Waals surface area (Å²) < 4.78 is 222. The third kappa shape index (κ3) is 83.7. The number of methoxy groups -OCH3 is 1. The average molecular weight is 2160 g/mol. The molecule has 137 heavy (non-hydrogen) atoms. The van der Waals surface area contributed by atoms with Crippen LogP contribution in [-0.4, -0.2) is 422 Å².